The van der Waals surface area contributed by atoms with E-state index in [1.165, 1.54) is 0 Å². The summed E-state index contributed by atoms with van der Waals surface area (Å²) in [4.78, 5) is 0. The molecule has 0 radical (unpaired) electrons. The molecule has 0 saturated heterocycles. The van der Waals surface area contributed by atoms with Crippen LogP contribution in [0.2, 0.25) is 0 Å². The largest absolute Gasteiger partial charge is 1.00 e. The highest BCUT2D eigenvalue weighted by molar-refractivity contribution is 5.25. The Morgan fingerprint density at radius 2 is 0.814 bits per heavy atom. The van der Waals surface area contributed by atoms with Crippen molar-refractivity contribution in [2.24, 2.45) is 0 Å². The van der Waals surface area contributed by atoms with Crippen molar-refractivity contribution in [2.75, 3.05) is 0 Å². The fraction of sp³-hybridized carbons (Fsp3) is 0.314. The molecule has 6 heterocycles. The number of aliphatic hydroxyl groups excluding tert-OH is 1. The predicted octanol–water partition coefficient (Wildman–Crippen LogP) is 8.85. The molecule has 0 bridgehead atoms. The van der Waals surface area contributed by atoms with E-state index in [1.807, 2.05) is 108 Å². The molecule has 43 heavy (non-hydrogen) atoms. The minimum Gasteiger partial charge on any atom is -0.466 e. The quantitative estimate of drug-likeness (QED) is 0.196. The van der Waals surface area contributed by atoms with Crippen LogP contribution in [-0.4, -0.2) is 10.6 Å². The number of aryl methyl sites for hydroxylation is 6. The Kier molecular flexibility index (Phi) is 13.2. The lowest BCUT2D eigenvalue weighted by molar-refractivity contribution is 0.245. The molecule has 0 aliphatic rings. The summed E-state index contributed by atoms with van der Waals surface area (Å²) in [5, 5.41) is 8.46. The topological polar surface area (TPSA) is 131 Å². The fourth-order valence-electron chi connectivity index (χ4n) is 4.32. The second-order valence-electron chi connectivity index (χ2n) is 10.0. The van der Waals surface area contributed by atoms with Gasteiger partial charge in [0.1, 0.15) is 75.7 Å². The first-order valence-electron chi connectivity index (χ1n) is 13.6. The molecule has 232 valence electrons. The lowest BCUT2D eigenvalue weighted by atomic mass is 9.98. The molecule has 8 heteroatoms. The van der Waals surface area contributed by atoms with E-state index in [9.17, 15) is 0 Å². The van der Waals surface area contributed by atoms with Gasteiger partial charge < -0.3 is 37.1 Å². The third-order valence-corrected chi connectivity index (χ3v) is 6.30. The van der Waals surface area contributed by atoms with Crippen LogP contribution in [0.4, 0.5) is 0 Å². The van der Waals surface area contributed by atoms with E-state index in [4.69, 9.17) is 31.6 Å². The maximum absolute atomic E-state index is 8.46. The molecule has 8 nitrogen and oxygen atoms in total. The zero-order valence-electron chi connectivity index (χ0n) is 26.0. The molecular weight excluding hydrogens is 548 g/mol. The molecule has 0 atom stereocenters. The summed E-state index contributed by atoms with van der Waals surface area (Å²) in [7, 11) is 0. The van der Waals surface area contributed by atoms with E-state index < -0.39 is 0 Å². The van der Waals surface area contributed by atoms with Gasteiger partial charge in [0.25, 0.3) is 0 Å². The zero-order valence-corrected chi connectivity index (χ0v) is 25.0. The number of furan rings is 6. The van der Waals surface area contributed by atoms with E-state index in [0.29, 0.717) is 5.76 Å². The summed E-state index contributed by atoms with van der Waals surface area (Å²) in [6.07, 6.45) is 1.47. The Morgan fingerprint density at radius 3 is 1.09 bits per heavy atom. The lowest BCUT2D eigenvalue weighted by Crippen LogP contribution is -2.02. The Labute approximate surface area is 254 Å². The molecule has 3 N–H and O–H groups in total. The van der Waals surface area contributed by atoms with E-state index in [2.05, 4.69) is 0 Å². The highest BCUT2D eigenvalue weighted by atomic mass is 16.4. The second-order valence-corrected chi connectivity index (χ2v) is 10.0. The predicted molar refractivity (Wildman–Crippen MR) is 166 cm³/mol. The lowest BCUT2D eigenvalue weighted by Gasteiger charge is -2.10. The van der Waals surface area contributed by atoms with Gasteiger partial charge in [0, 0.05) is 6.42 Å². The first kappa shape index (κ1) is 34.8. The van der Waals surface area contributed by atoms with Crippen molar-refractivity contribution >= 4 is 0 Å². The van der Waals surface area contributed by atoms with Crippen LogP contribution < -0.4 is 0 Å². The minimum absolute atomic E-state index is 0. The van der Waals surface area contributed by atoms with Crippen LogP contribution in [0.3, 0.4) is 0 Å². The first-order chi connectivity index (χ1) is 19.7. The van der Waals surface area contributed by atoms with Crippen LogP contribution in [0.25, 0.3) is 0 Å². The van der Waals surface area contributed by atoms with Gasteiger partial charge >= 0.3 is 1.43 Å². The van der Waals surface area contributed by atoms with E-state index >= 15 is 0 Å². The summed E-state index contributed by atoms with van der Waals surface area (Å²) in [5.41, 5.74) is 0. The second kappa shape index (κ2) is 16.3. The number of aliphatic hydroxyl groups is 1. The Bertz CT molecular complexity index is 1540. The summed E-state index contributed by atoms with van der Waals surface area (Å²) < 4.78 is 33.1. The van der Waals surface area contributed by atoms with Gasteiger partial charge in [0.15, 0.2) is 0 Å². The van der Waals surface area contributed by atoms with E-state index in [1.54, 1.807) is 6.07 Å². The first-order valence-corrected chi connectivity index (χ1v) is 13.6. The van der Waals surface area contributed by atoms with Crippen molar-refractivity contribution in [3.05, 3.63) is 142 Å². The van der Waals surface area contributed by atoms with Gasteiger partial charge in [-0.2, -0.15) is 0 Å². The van der Waals surface area contributed by atoms with E-state index in [0.717, 1.165) is 76.2 Å². The van der Waals surface area contributed by atoms with Crippen molar-refractivity contribution in [1.29, 1.82) is 0 Å². The van der Waals surface area contributed by atoms with Gasteiger partial charge in [0.05, 0.1) is 12.3 Å². The third kappa shape index (κ3) is 10.4. The summed E-state index contributed by atoms with van der Waals surface area (Å²) in [6, 6.07) is 23.4. The van der Waals surface area contributed by atoms with Gasteiger partial charge in [-0.1, -0.05) is 7.43 Å². The Balaban J connectivity index is 0.000000350. The Hall–Kier alpha value is -4.40. The molecule has 6 rings (SSSR count). The van der Waals surface area contributed by atoms with Crippen LogP contribution in [-0.2, 0) is 19.4 Å². The summed E-state index contributed by atoms with van der Waals surface area (Å²) in [5.74, 6) is 10.8. The van der Waals surface area contributed by atoms with Crippen molar-refractivity contribution in [3.63, 3.8) is 0 Å². The smallest absolute Gasteiger partial charge is 0.466 e. The highest BCUT2D eigenvalue weighted by Crippen LogP contribution is 2.31. The highest BCUT2D eigenvalue weighted by Gasteiger charge is 2.23. The monoisotopic (exact) mass is 593 g/mol. The molecule has 0 unspecified atom stereocenters. The van der Waals surface area contributed by atoms with Crippen LogP contribution in [0.15, 0.2) is 99.3 Å². The molecule has 0 spiro atoms. The maximum atomic E-state index is 8.46. The number of hydrogen-bond acceptors (Lipinski definition) is 7. The van der Waals surface area contributed by atoms with Gasteiger partial charge in [-0.25, -0.2) is 0 Å². The van der Waals surface area contributed by atoms with Gasteiger partial charge in [-0.15, -0.1) is 0 Å². The molecule has 6 aromatic heterocycles. The molecule has 0 saturated carbocycles. The zero-order chi connectivity index (χ0) is 29.4. The minimum atomic E-state index is -0.00611. The molecule has 0 fully saturated rings. The van der Waals surface area contributed by atoms with Crippen molar-refractivity contribution in [1.82, 2.24) is 0 Å². The van der Waals surface area contributed by atoms with Gasteiger partial charge in [-0.05, 0) is 114 Å². The standard InChI is InChI=1S/C17H18O3.C11H12O2.C6H8O2.CH4.H2O/c1-11-4-7-14(18-11)10-15(16-8-5-12(2)19-16)17-9-6-13(3)20-17;1-8-3-5-10(12-8)7-11-6-4-9(2)13-11;1-5-2-3-6(4-7)8-5;;/h4-9,15H,10H2,1-3H3;3-6H,7H2,1-2H3;2-3,7H,4H2,1H3;1H4;1H2/p+1. The van der Waals surface area contributed by atoms with Crippen molar-refractivity contribution in [2.45, 2.75) is 74.3 Å². The summed E-state index contributed by atoms with van der Waals surface area (Å²) in [6.45, 7) is 11.6. The molecule has 0 amide bonds. The molecule has 0 aliphatic carbocycles. The average Bonchev–Trinajstić information content (AvgIpc) is 3.77. The van der Waals surface area contributed by atoms with Crippen molar-refractivity contribution < 1.29 is 38.5 Å². The average molecular weight is 594 g/mol. The SMILES string of the molecule is C.Cc1ccc(CC(c2ccc(C)o2)c2ccc(C)o2)o1.Cc1ccc(CO)o1.Cc1ccc(Cc2ccc(C)o2)o1.O.[H+]. The van der Waals surface area contributed by atoms with Crippen LogP contribution in [0, 0.1) is 41.5 Å². The normalized spacial score (nSPS) is 10.3. The molecular formula is C35H45O8+. The fourth-order valence-corrected chi connectivity index (χ4v) is 4.32. The third-order valence-electron chi connectivity index (χ3n) is 6.30. The van der Waals surface area contributed by atoms with Crippen LogP contribution >= 0.6 is 0 Å². The maximum Gasteiger partial charge on any atom is 1.00 e. The molecule has 6 aromatic rings. The Morgan fingerprint density at radius 1 is 0.488 bits per heavy atom. The van der Waals surface area contributed by atoms with Crippen LogP contribution in [0.1, 0.15) is 83.9 Å². The van der Waals surface area contributed by atoms with E-state index in [-0.39, 0.29) is 26.9 Å². The van der Waals surface area contributed by atoms with Gasteiger partial charge in [-0.3, -0.25) is 0 Å². The van der Waals surface area contributed by atoms with Crippen molar-refractivity contribution in [3.8, 4) is 0 Å². The number of hydrogen-bond donors (Lipinski definition) is 1. The molecule has 0 aliphatic heterocycles. The van der Waals surface area contributed by atoms with Gasteiger partial charge in [0.2, 0.25) is 0 Å². The van der Waals surface area contributed by atoms with Crippen LogP contribution in [0.5, 0.6) is 0 Å². The number of rotatable bonds is 7. The molecule has 0 aromatic carbocycles. The summed E-state index contributed by atoms with van der Waals surface area (Å²) >= 11 is 0.